The first-order chi connectivity index (χ1) is 7.16. The molecule has 0 spiro atoms. The van der Waals surface area contributed by atoms with Crippen LogP contribution in [-0.4, -0.2) is 22.2 Å². The first-order valence-electron chi connectivity index (χ1n) is 5.44. The van der Waals surface area contributed by atoms with Crippen molar-refractivity contribution in [2.45, 2.75) is 43.1 Å². The lowest BCUT2D eigenvalue weighted by atomic mass is 9.97. The van der Waals surface area contributed by atoms with E-state index in [2.05, 4.69) is 29.2 Å². The number of rotatable bonds is 1. The third kappa shape index (κ3) is 2.45. The molecule has 84 valence electrons. The highest BCUT2D eigenvalue weighted by Crippen LogP contribution is 2.43. The molecule has 2 fully saturated rings. The molecule has 2 rings (SSSR count). The molecule has 1 saturated carbocycles. The number of amides is 2. The van der Waals surface area contributed by atoms with Crippen LogP contribution in [0.3, 0.4) is 0 Å². The number of hydrazone groups is 1. The third-order valence-corrected chi connectivity index (χ3v) is 4.64. The smallest absolute Gasteiger partial charge is 0.332 e. The number of primary amides is 1. The van der Waals surface area contributed by atoms with Gasteiger partial charge in [0.25, 0.3) is 0 Å². The zero-order chi connectivity index (χ0) is 10.8. The second-order valence-corrected chi connectivity index (χ2v) is 5.99. The zero-order valence-electron chi connectivity index (χ0n) is 8.90. The minimum atomic E-state index is -0.567. The monoisotopic (exact) mass is 227 g/mol. The lowest BCUT2D eigenvalue weighted by Gasteiger charge is -2.30. The van der Waals surface area contributed by atoms with Crippen molar-refractivity contribution in [3.05, 3.63) is 0 Å². The van der Waals surface area contributed by atoms with E-state index in [1.807, 2.05) is 0 Å². The molecule has 1 heterocycles. The van der Waals surface area contributed by atoms with Crippen LogP contribution in [0.4, 0.5) is 4.79 Å². The fourth-order valence-corrected chi connectivity index (χ4v) is 4.17. The van der Waals surface area contributed by atoms with Crippen molar-refractivity contribution in [1.29, 1.82) is 0 Å². The maximum atomic E-state index is 10.6. The summed E-state index contributed by atoms with van der Waals surface area (Å²) in [6.45, 7) is 2.22. The number of nitrogens with zero attached hydrogens (tertiary/aromatic N) is 1. The van der Waals surface area contributed by atoms with Gasteiger partial charge in [-0.15, -0.1) is 0 Å². The number of fused-ring (bicyclic) bond motifs is 1. The first-order valence-corrected chi connectivity index (χ1v) is 6.38. The van der Waals surface area contributed by atoms with Gasteiger partial charge in [-0.2, -0.15) is 16.9 Å². The minimum absolute atomic E-state index is 0.567. The van der Waals surface area contributed by atoms with E-state index < -0.39 is 6.03 Å². The van der Waals surface area contributed by atoms with Gasteiger partial charge in [0.1, 0.15) is 0 Å². The summed E-state index contributed by atoms with van der Waals surface area (Å²) in [6.07, 6.45) is 4.76. The quantitative estimate of drug-likeness (QED) is 0.670. The molecule has 1 aliphatic carbocycles. The maximum absolute atomic E-state index is 10.6. The van der Waals surface area contributed by atoms with Crippen molar-refractivity contribution in [3.8, 4) is 0 Å². The van der Waals surface area contributed by atoms with Gasteiger partial charge in [-0.25, -0.2) is 10.2 Å². The Labute approximate surface area is 94.1 Å². The molecule has 0 aromatic carbocycles. The molecule has 3 N–H and O–H groups in total. The predicted octanol–water partition coefficient (Wildman–Crippen LogP) is 1.70. The fourth-order valence-electron chi connectivity index (χ4n) is 2.52. The van der Waals surface area contributed by atoms with Gasteiger partial charge in [-0.3, -0.25) is 0 Å². The Balaban J connectivity index is 2.07. The average Bonchev–Trinajstić information content (AvgIpc) is 2.61. The van der Waals surface area contributed by atoms with Crippen LogP contribution in [0, 0.1) is 5.92 Å². The van der Waals surface area contributed by atoms with E-state index in [1.165, 1.54) is 19.3 Å². The van der Waals surface area contributed by atoms with Crippen molar-refractivity contribution in [3.63, 3.8) is 0 Å². The van der Waals surface area contributed by atoms with Crippen LogP contribution in [0.5, 0.6) is 0 Å². The van der Waals surface area contributed by atoms with E-state index in [1.54, 1.807) is 0 Å². The Morgan fingerprint density at radius 1 is 1.60 bits per heavy atom. The Bertz CT molecular complexity index is 292. The number of hydrogen-bond acceptors (Lipinski definition) is 3. The molecule has 1 saturated heterocycles. The standard InChI is InChI=1S/C10H17N3OS/c1-6-5-8(12-13-10(11)14)7-3-2-4-9(7)15-6/h6-7,9H,2-5H2,1H3,(H3,11,13,14)/t6-,7-,9-/m0/s1. The van der Waals surface area contributed by atoms with Gasteiger partial charge >= 0.3 is 6.03 Å². The van der Waals surface area contributed by atoms with E-state index in [0.29, 0.717) is 16.4 Å². The van der Waals surface area contributed by atoms with Crippen LogP contribution in [-0.2, 0) is 0 Å². The van der Waals surface area contributed by atoms with Crippen LogP contribution in [0.1, 0.15) is 32.6 Å². The second-order valence-electron chi connectivity index (χ2n) is 4.31. The summed E-state index contributed by atoms with van der Waals surface area (Å²) in [5, 5.41) is 5.47. The SMILES string of the molecule is C[C@H]1CC(=NNC(N)=O)[C@@H]2CCC[C@@H]2S1. The number of hydrogen-bond donors (Lipinski definition) is 2. The third-order valence-electron chi connectivity index (χ3n) is 3.09. The van der Waals surface area contributed by atoms with Gasteiger partial charge in [0.05, 0.1) is 0 Å². The van der Waals surface area contributed by atoms with Crippen molar-refractivity contribution in [1.82, 2.24) is 5.43 Å². The zero-order valence-corrected chi connectivity index (χ0v) is 9.72. The largest absolute Gasteiger partial charge is 0.350 e. The molecule has 0 aromatic rings. The molecule has 5 heteroatoms. The fraction of sp³-hybridized carbons (Fsp3) is 0.800. The second kappa shape index (κ2) is 4.43. The van der Waals surface area contributed by atoms with Gasteiger partial charge in [0.15, 0.2) is 0 Å². The molecule has 2 amide bonds. The summed E-state index contributed by atoms with van der Waals surface area (Å²) < 4.78 is 0. The van der Waals surface area contributed by atoms with Gasteiger partial charge in [-0.1, -0.05) is 13.3 Å². The van der Waals surface area contributed by atoms with Gasteiger partial charge in [0, 0.05) is 22.1 Å². The topological polar surface area (TPSA) is 67.5 Å². The number of carbonyl (C=O) groups excluding carboxylic acids is 1. The number of nitrogens with one attached hydrogen (secondary N) is 1. The lowest BCUT2D eigenvalue weighted by Crippen LogP contribution is -2.34. The van der Waals surface area contributed by atoms with Crippen molar-refractivity contribution in [2.75, 3.05) is 0 Å². The Morgan fingerprint density at radius 2 is 2.40 bits per heavy atom. The van der Waals surface area contributed by atoms with Crippen LogP contribution >= 0.6 is 11.8 Å². The lowest BCUT2D eigenvalue weighted by molar-refractivity contribution is 0.249. The molecular formula is C10H17N3OS. The van der Waals surface area contributed by atoms with Crippen LogP contribution in [0.2, 0.25) is 0 Å². The van der Waals surface area contributed by atoms with E-state index in [4.69, 9.17) is 5.73 Å². The summed E-state index contributed by atoms with van der Waals surface area (Å²) in [5.41, 5.74) is 8.53. The van der Waals surface area contributed by atoms with Crippen molar-refractivity contribution >= 4 is 23.5 Å². The van der Waals surface area contributed by atoms with Crippen molar-refractivity contribution in [2.24, 2.45) is 16.8 Å². The molecule has 1 aliphatic heterocycles. The predicted molar refractivity (Wildman–Crippen MR) is 63.0 cm³/mol. The average molecular weight is 227 g/mol. The Morgan fingerprint density at radius 3 is 3.13 bits per heavy atom. The summed E-state index contributed by atoms with van der Waals surface area (Å²) in [7, 11) is 0. The highest BCUT2D eigenvalue weighted by atomic mass is 32.2. The number of nitrogens with two attached hydrogens (primary N) is 1. The molecule has 2 aliphatic rings. The minimum Gasteiger partial charge on any atom is -0.350 e. The summed E-state index contributed by atoms with van der Waals surface area (Å²) >= 11 is 2.07. The van der Waals surface area contributed by atoms with Crippen LogP contribution in [0.15, 0.2) is 5.10 Å². The molecule has 4 nitrogen and oxygen atoms in total. The van der Waals surface area contributed by atoms with E-state index >= 15 is 0 Å². The molecule has 15 heavy (non-hydrogen) atoms. The molecule has 0 unspecified atom stereocenters. The summed E-state index contributed by atoms with van der Waals surface area (Å²) in [5.74, 6) is 0.568. The van der Waals surface area contributed by atoms with Crippen LogP contribution < -0.4 is 11.2 Å². The molecule has 3 atom stereocenters. The normalized spacial score (nSPS) is 37.7. The number of thioether (sulfide) groups is 1. The van der Waals surface area contributed by atoms with Crippen LogP contribution in [0.25, 0.3) is 0 Å². The van der Waals surface area contributed by atoms with Gasteiger partial charge < -0.3 is 5.73 Å². The highest BCUT2D eigenvalue weighted by molar-refractivity contribution is 8.00. The maximum Gasteiger partial charge on any atom is 0.332 e. The molecule has 0 bridgehead atoms. The molecule has 0 aromatic heterocycles. The first kappa shape index (κ1) is 10.8. The number of carbonyl (C=O) groups is 1. The van der Waals surface area contributed by atoms with E-state index in [9.17, 15) is 4.79 Å². The summed E-state index contributed by atoms with van der Waals surface area (Å²) in [6, 6.07) is -0.567. The Hall–Kier alpha value is -0.710. The molecular weight excluding hydrogens is 210 g/mol. The van der Waals surface area contributed by atoms with Gasteiger partial charge in [0.2, 0.25) is 0 Å². The highest BCUT2D eigenvalue weighted by Gasteiger charge is 2.37. The van der Waals surface area contributed by atoms with E-state index in [0.717, 1.165) is 12.1 Å². The van der Waals surface area contributed by atoms with E-state index in [-0.39, 0.29) is 0 Å². The molecule has 0 radical (unpaired) electrons. The van der Waals surface area contributed by atoms with Gasteiger partial charge in [-0.05, 0) is 19.3 Å². The van der Waals surface area contributed by atoms with Crippen molar-refractivity contribution < 1.29 is 4.79 Å². The Kier molecular flexibility index (Phi) is 3.19. The number of urea groups is 1. The summed E-state index contributed by atoms with van der Waals surface area (Å²) in [4.78, 5) is 10.6.